The van der Waals surface area contributed by atoms with Gasteiger partial charge in [-0.15, -0.1) is 0 Å². The van der Waals surface area contributed by atoms with E-state index in [2.05, 4.69) is 23.1 Å². The molecule has 4 heteroatoms. The van der Waals surface area contributed by atoms with E-state index in [1.54, 1.807) is 12.1 Å². The Balaban J connectivity index is 1.54. The summed E-state index contributed by atoms with van der Waals surface area (Å²) in [4.78, 5) is 13.2. The van der Waals surface area contributed by atoms with Crippen molar-refractivity contribution in [3.05, 3.63) is 64.5 Å². The molecule has 1 saturated carbocycles. The Kier molecular flexibility index (Phi) is 3.98. The van der Waals surface area contributed by atoms with Gasteiger partial charge in [-0.25, -0.2) is 4.39 Å². The van der Waals surface area contributed by atoms with Gasteiger partial charge in [0.2, 0.25) is 0 Å². The van der Waals surface area contributed by atoms with E-state index in [0.717, 1.165) is 43.5 Å². The Labute approximate surface area is 147 Å². The summed E-state index contributed by atoms with van der Waals surface area (Å²) in [5.41, 5.74) is 5.47. The number of nitrogens with zero attached hydrogens (tertiary/aromatic N) is 1. The van der Waals surface area contributed by atoms with Gasteiger partial charge in [-0.2, -0.15) is 0 Å². The normalized spacial score (nSPS) is 22.2. The molecule has 2 atom stereocenters. The van der Waals surface area contributed by atoms with Gasteiger partial charge >= 0.3 is 5.97 Å². The highest BCUT2D eigenvalue weighted by molar-refractivity contribution is 5.75. The third-order valence-corrected chi connectivity index (χ3v) is 5.51. The van der Waals surface area contributed by atoms with Crippen molar-refractivity contribution < 1.29 is 14.3 Å². The molecule has 0 radical (unpaired) electrons. The van der Waals surface area contributed by atoms with Crippen LogP contribution >= 0.6 is 0 Å². The van der Waals surface area contributed by atoms with Crippen molar-refractivity contribution in [1.29, 1.82) is 0 Å². The number of carbonyl (C=O) groups is 1. The van der Waals surface area contributed by atoms with E-state index in [1.807, 2.05) is 13.0 Å². The van der Waals surface area contributed by atoms with Crippen molar-refractivity contribution in [2.24, 2.45) is 5.92 Å². The second-order valence-corrected chi connectivity index (χ2v) is 7.26. The van der Waals surface area contributed by atoms with Crippen LogP contribution in [0.15, 0.2) is 36.4 Å². The topological polar surface area (TPSA) is 40.5 Å². The van der Waals surface area contributed by atoms with E-state index in [9.17, 15) is 9.18 Å². The van der Waals surface area contributed by atoms with Crippen LogP contribution in [0.25, 0.3) is 0 Å². The fraction of sp³-hybridized carbons (Fsp3) is 0.381. The lowest BCUT2D eigenvalue weighted by Gasteiger charge is -2.23. The van der Waals surface area contributed by atoms with E-state index in [1.165, 1.54) is 11.1 Å². The van der Waals surface area contributed by atoms with Crippen molar-refractivity contribution in [2.75, 3.05) is 18.0 Å². The summed E-state index contributed by atoms with van der Waals surface area (Å²) in [5.74, 6) is -0.918. The van der Waals surface area contributed by atoms with Crippen molar-refractivity contribution in [3.8, 4) is 0 Å². The van der Waals surface area contributed by atoms with Crippen LogP contribution in [-0.4, -0.2) is 24.2 Å². The van der Waals surface area contributed by atoms with Gasteiger partial charge in [0.25, 0.3) is 0 Å². The van der Waals surface area contributed by atoms with Crippen molar-refractivity contribution in [3.63, 3.8) is 0 Å². The van der Waals surface area contributed by atoms with Crippen LogP contribution in [0.4, 0.5) is 10.1 Å². The zero-order valence-corrected chi connectivity index (χ0v) is 14.3. The monoisotopic (exact) mass is 339 g/mol. The van der Waals surface area contributed by atoms with Crippen LogP contribution in [0, 0.1) is 18.7 Å². The van der Waals surface area contributed by atoms with E-state index < -0.39 is 5.97 Å². The number of aliphatic carboxylic acids is 1. The molecular weight excluding hydrogens is 317 g/mol. The second kappa shape index (κ2) is 6.17. The lowest BCUT2D eigenvalue weighted by atomic mass is 9.97. The number of fused-ring (bicyclic) bond motifs is 1. The third kappa shape index (κ3) is 3.13. The molecule has 2 aliphatic rings. The molecule has 0 spiro atoms. The average Bonchev–Trinajstić information content (AvgIpc) is 3.40. The van der Waals surface area contributed by atoms with Gasteiger partial charge in [-0.1, -0.05) is 24.3 Å². The summed E-state index contributed by atoms with van der Waals surface area (Å²) in [5, 5.41) is 9.14. The minimum absolute atomic E-state index is 0.163. The largest absolute Gasteiger partial charge is 0.481 e. The fourth-order valence-electron chi connectivity index (χ4n) is 3.92. The first-order valence-electron chi connectivity index (χ1n) is 8.88. The third-order valence-electron chi connectivity index (χ3n) is 5.51. The van der Waals surface area contributed by atoms with E-state index in [4.69, 9.17) is 5.11 Å². The summed E-state index contributed by atoms with van der Waals surface area (Å²) in [7, 11) is 0. The molecule has 0 amide bonds. The van der Waals surface area contributed by atoms with Crippen molar-refractivity contribution in [2.45, 2.75) is 32.1 Å². The van der Waals surface area contributed by atoms with Crippen LogP contribution < -0.4 is 4.90 Å². The van der Waals surface area contributed by atoms with E-state index >= 15 is 0 Å². The predicted octanol–water partition coefficient (Wildman–Crippen LogP) is 3.93. The molecule has 130 valence electrons. The zero-order chi connectivity index (χ0) is 17.6. The number of rotatable bonds is 3. The quantitative estimate of drug-likeness (QED) is 0.921. The lowest BCUT2D eigenvalue weighted by Crippen LogP contribution is -2.27. The molecule has 0 saturated heterocycles. The number of hydrogen-bond acceptors (Lipinski definition) is 2. The van der Waals surface area contributed by atoms with Crippen LogP contribution in [0.2, 0.25) is 0 Å². The summed E-state index contributed by atoms with van der Waals surface area (Å²) in [6, 6.07) is 11.6. The zero-order valence-electron chi connectivity index (χ0n) is 14.3. The van der Waals surface area contributed by atoms with Gasteiger partial charge in [0.1, 0.15) is 5.82 Å². The Morgan fingerprint density at radius 3 is 2.60 bits per heavy atom. The van der Waals surface area contributed by atoms with Crippen LogP contribution in [0.1, 0.15) is 34.6 Å². The molecule has 1 fully saturated rings. The second-order valence-electron chi connectivity index (χ2n) is 7.26. The molecule has 0 aromatic heterocycles. The highest BCUT2D eigenvalue weighted by atomic mass is 19.1. The molecule has 1 N–H and O–H groups in total. The van der Waals surface area contributed by atoms with Gasteiger partial charge in [-0.05, 0) is 66.5 Å². The molecule has 2 unspecified atom stereocenters. The van der Waals surface area contributed by atoms with Crippen LogP contribution in [0.5, 0.6) is 0 Å². The van der Waals surface area contributed by atoms with Crippen LogP contribution in [-0.2, 0) is 17.6 Å². The number of carboxylic acids is 1. The highest BCUT2D eigenvalue weighted by Crippen LogP contribution is 2.48. The maximum absolute atomic E-state index is 14.2. The Hall–Kier alpha value is -2.36. The van der Waals surface area contributed by atoms with Gasteiger partial charge < -0.3 is 10.0 Å². The number of carboxylic acid groups (broad SMARTS) is 1. The number of hydrogen-bond donors (Lipinski definition) is 1. The molecule has 4 rings (SSSR count). The average molecular weight is 339 g/mol. The first-order chi connectivity index (χ1) is 12.0. The molecule has 3 nitrogen and oxygen atoms in total. The smallest absolute Gasteiger partial charge is 0.307 e. The fourth-order valence-corrected chi connectivity index (χ4v) is 3.92. The maximum atomic E-state index is 14.2. The Morgan fingerprint density at radius 2 is 1.88 bits per heavy atom. The minimum Gasteiger partial charge on any atom is -0.481 e. The molecule has 2 aromatic rings. The first kappa shape index (κ1) is 16.1. The van der Waals surface area contributed by atoms with E-state index in [-0.39, 0.29) is 17.7 Å². The molecule has 1 aliphatic heterocycles. The Bertz CT molecular complexity index is 833. The standard InChI is InChI=1S/C21H22FNO2/c1-13-2-5-19(22)20(10-13)23-8-6-14-3-4-16(11-15(14)7-9-23)17-12-18(17)21(24)25/h2-5,10-11,17-18H,6-9,12H2,1H3,(H,24,25). The summed E-state index contributed by atoms with van der Waals surface area (Å²) in [6.45, 7) is 3.56. The highest BCUT2D eigenvalue weighted by Gasteiger charge is 2.44. The SMILES string of the molecule is Cc1ccc(F)c(N2CCc3ccc(C4CC4C(=O)O)cc3CC2)c1. The molecular formula is C21H22FNO2. The van der Waals surface area contributed by atoms with Gasteiger partial charge in [0.15, 0.2) is 0 Å². The summed E-state index contributed by atoms with van der Waals surface area (Å²) >= 11 is 0. The van der Waals surface area contributed by atoms with Crippen molar-refractivity contribution >= 4 is 11.7 Å². The predicted molar refractivity (Wildman–Crippen MR) is 95.7 cm³/mol. The lowest BCUT2D eigenvalue weighted by molar-refractivity contribution is -0.138. The molecule has 0 bridgehead atoms. The first-order valence-corrected chi connectivity index (χ1v) is 8.88. The van der Waals surface area contributed by atoms with E-state index in [0.29, 0.717) is 5.69 Å². The number of anilines is 1. The summed E-state index contributed by atoms with van der Waals surface area (Å²) < 4.78 is 14.2. The number of aryl methyl sites for hydroxylation is 1. The van der Waals surface area contributed by atoms with Gasteiger partial charge in [-0.3, -0.25) is 4.79 Å². The number of halogens is 1. The maximum Gasteiger partial charge on any atom is 0.307 e. The molecule has 1 aliphatic carbocycles. The number of benzene rings is 2. The minimum atomic E-state index is -0.693. The van der Waals surface area contributed by atoms with Crippen molar-refractivity contribution in [1.82, 2.24) is 0 Å². The van der Waals surface area contributed by atoms with Gasteiger partial charge in [0, 0.05) is 13.1 Å². The molecule has 2 aromatic carbocycles. The Morgan fingerprint density at radius 1 is 1.12 bits per heavy atom. The molecule has 25 heavy (non-hydrogen) atoms. The summed E-state index contributed by atoms with van der Waals surface area (Å²) in [6.07, 6.45) is 2.49. The molecule has 1 heterocycles. The van der Waals surface area contributed by atoms with Crippen LogP contribution in [0.3, 0.4) is 0 Å². The van der Waals surface area contributed by atoms with Gasteiger partial charge in [0.05, 0.1) is 11.6 Å².